The van der Waals surface area contributed by atoms with Crippen LogP contribution < -0.4 is 5.32 Å². The maximum Gasteiger partial charge on any atom is 0.0151 e. The van der Waals surface area contributed by atoms with E-state index in [1.54, 1.807) is 0 Å². The quantitative estimate of drug-likeness (QED) is 0.537. The molecule has 0 aromatic rings. The van der Waals surface area contributed by atoms with Crippen LogP contribution in [0.2, 0.25) is 0 Å². The van der Waals surface area contributed by atoms with E-state index in [9.17, 15) is 0 Å². The highest BCUT2D eigenvalue weighted by Gasteiger charge is 2.13. The van der Waals surface area contributed by atoms with Crippen LogP contribution in [0.15, 0.2) is 0 Å². The molecule has 1 unspecified atom stereocenters. The Morgan fingerprint density at radius 3 is 2.80 bits per heavy atom. The van der Waals surface area contributed by atoms with Gasteiger partial charge in [0.2, 0.25) is 0 Å². The van der Waals surface area contributed by atoms with Gasteiger partial charge in [0.05, 0.1) is 0 Å². The van der Waals surface area contributed by atoms with Crippen LogP contribution in [-0.4, -0.2) is 23.6 Å². The molecule has 1 heterocycles. The van der Waals surface area contributed by atoms with E-state index in [2.05, 4.69) is 40.8 Å². The van der Waals surface area contributed by atoms with Gasteiger partial charge >= 0.3 is 0 Å². The summed E-state index contributed by atoms with van der Waals surface area (Å²) in [5, 5.41) is 4.43. The maximum absolute atomic E-state index is 3.47. The van der Waals surface area contributed by atoms with Crippen LogP contribution >= 0.6 is 21.6 Å². The lowest BCUT2D eigenvalue weighted by Crippen LogP contribution is -2.23. The van der Waals surface area contributed by atoms with E-state index < -0.39 is 0 Å². The second kappa shape index (κ2) is 8.77. The lowest BCUT2D eigenvalue weighted by Gasteiger charge is -2.20. The van der Waals surface area contributed by atoms with Crippen molar-refractivity contribution in [2.24, 2.45) is 0 Å². The summed E-state index contributed by atoms with van der Waals surface area (Å²) in [6.45, 7) is 5.63. The highest BCUT2D eigenvalue weighted by molar-refractivity contribution is 8.77. The lowest BCUT2D eigenvalue weighted by molar-refractivity contribution is 0.535. The van der Waals surface area contributed by atoms with Crippen molar-refractivity contribution in [1.82, 2.24) is 5.32 Å². The van der Waals surface area contributed by atoms with Crippen LogP contribution in [0.1, 0.15) is 52.4 Å². The van der Waals surface area contributed by atoms with Gasteiger partial charge in [-0.1, -0.05) is 48.3 Å². The van der Waals surface area contributed by atoms with E-state index >= 15 is 0 Å². The minimum absolute atomic E-state index is 0.648. The third-order valence-corrected chi connectivity index (χ3v) is 5.77. The van der Waals surface area contributed by atoms with Gasteiger partial charge in [-0.05, 0) is 32.2 Å². The molecular formula is C12H25NS2. The molecule has 0 saturated carbocycles. The summed E-state index contributed by atoms with van der Waals surface area (Å²) in [7, 11) is 4.21. The van der Waals surface area contributed by atoms with Crippen LogP contribution in [0.3, 0.4) is 0 Å². The molecule has 0 aromatic heterocycles. The lowest BCUT2D eigenvalue weighted by atomic mass is 10.1. The largest absolute Gasteiger partial charge is 0.315 e. The second-order valence-corrected chi connectivity index (χ2v) is 7.43. The predicted octanol–water partition coefficient (Wildman–Crippen LogP) is 4.09. The fourth-order valence-corrected chi connectivity index (χ4v) is 4.72. The van der Waals surface area contributed by atoms with Crippen LogP contribution in [0.4, 0.5) is 0 Å². The van der Waals surface area contributed by atoms with E-state index in [0.29, 0.717) is 6.04 Å². The Bertz CT molecular complexity index is 145. The van der Waals surface area contributed by atoms with Crippen molar-refractivity contribution >= 4 is 21.6 Å². The van der Waals surface area contributed by atoms with E-state index in [1.165, 1.54) is 50.8 Å². The van der Waals surface area contributed by atoms with E-state index in [-0.39, 0.29) is 0 Å². The molecule has 1 N–H and O–H groups in total. The van der Waals surface area contributed by atoms with Crippen LogP contribution in [0.25, 0.3) is 0 Å². The van der Waals surface area contributed by atoms with Gasteiger partial charge in [-0.2, -0.15) is 0 Å². The van der Waals surface area contributed by atoms with Crippen LogP contribution in [-0.2, 0) is 0 Å². The minimum atomic E-state index is 0.648. The number of hydrogen-bond acceptors (Lipinski definition) is 3. The molecule has 1 aliphatic heterocycles. The van der Waals surface area contributed by atoms with Crippen molar-refractivity contribution in [2.75, 3.05) is 12.3 Å². The monoisotopic (exact) mass is 247 g/mol. The zero-order valence-corrected chi connectivity index (χ0v) is 11.8. The fourth-order valence-electron chi connectivity index (χ4n) is 1.82. The molecule has 0 aliphatic carbocycles. The van der Waals surface area contributed by atoms with Gasteiger partial charge in [-0.3, -0.25) is 0 Å². The van der Waals surface area contributed by atoms with Gasteiger partial charge in [0.15, 0.2) is 0 Å². The van der Waals surface area contributed by atoms with Crippen molar-refractivity contribution in [1.29, 1.82) is 0 Å². The smallest absolute Gasteiger partial charge is 0.0151 e. The van der Waals surface area contributed by atoms with Crippen molar-refractivity contribution in [2.45, 2.75) is 63.7 Å². The molecule has 1 atom stereocenters. The molecular weight excluding hydrogens is 222 g/mol. The van der Waals surface area contributed by atoms with Crippen LogP contribution in [0, 0.1) is 0 Å². The molecule has 15 heavy (non-hydrogen) atoms. The average Bonchev–Trinajstić information content (AvgIpc) is 2.24. The molecule has 1 rings (SSSR count). The van der Waals surface area contributed by atoms with E-state index in [1.807, 2.05) is 0 Å². The van der Waals surface area contributed by atoms with Crippen molar-refractivity contribution < 1.29 is 0 Å². The van der Waals surface area contributed by atoms with Gasteiger partial charge in [0.1, 0.15) is 0 Å². The molecule has 1 saturated heterocycles. The Morgan fingerprint density at radius 1 is 1.27 bits per heavy atom. The van der Waals surface area contributed by atoms with Gasteiger partial charge < -0.3 is 5.32 Å². The highest BCUT2D eigenvalue weighted by Crippen LogP contribution is 2.37. The summed E-state index contributed by atoms with van der Waals surface area (Å²) in [5.41, 5.74) is 0. The first-order valence-corrected chi connectivity index (χ1v) is 8.69. The molecule has 0 radical (unpaired) electrons. The topological polar surface area (TPSA) is 12.0 Å². The van der Waals surface area contributed by atoms with Gasteiger partial charge in [0.25, 0.3) is 0 Å². The molecule has 0 bridgehead atoms. The SMILES string of the molecule is CC(C)NCCCCCC1CCCSS1. The van der Waals surface area contributed by atoms with Crippen molar-refractivity contribution in [3.05, 3.63) is 0 Å². The summed E-state index contributed by atoms with van der Waals surface area (Å²) >= 11 is 0. The summed E-state index contributed by atoms with van der Waals surface area (Å²) in [4.78, 5) is 0. The first-order valence-electron chi connectivity index (χ1n) is 6.30. The zero-order chi connectivity index (χ0) is 10.9. The standard InChI is InChI=1S/C12H25NS2/c1-11(2)13-9-5-3-4-7-12-8-6-10-14-15-12/h11-13H,3-10H2,1-2H3. The summed E-state index contributed by atoms with van der Waals surface area (Å²) < 4.78 is 0. The second-order valence-electron chi connectivity index (χ2n) is 4.64. The Labute approximate surface area is 103 Å². The van der Waals surface area contributed by atoms with Gasteiger partial charge in [-0.25, -0.2) is 0 Å². The molecule has 3 heteroatoms. The number of rotatable bonds is 7. The van der Waals surface area contributed by atoms with Crippen molar-refractivity contribution in [3.63, 3.8) is 0 Å². The summed E-state index contributed by atoms with van der Waals surface area (Å²) in [6, 6.07) is 0.648. The Hall–Kier alpha value is 0.660. The molecule has 0 amide bonds. The molecule has 1 nitrogen and oxygen atoms in total. The molecule has 90 valence electrons. The Balaban J connectivity index is 1.83. The number of nitrogens with one attached hydrogen (secondary N) is 1. The molecule has 1 fully saturated rings. The van der Waals surface area contributed by atoms with Gasteiger partial charge in [-0.15, -0.1) is 0 Å². The third kappa shape index (κ3) is 7.53. The summed E-state index contributed by atoms with van der Waals surface area (Å²) in [5.74, 6) is 1.37. The fraction of sp³-hybridized carbons (Fsp3) is 1.00. The highest BCUT2D eigenvalue weighted by atomic mass is 33.1. The Morgan fingerprint density at radius 2 is 2.13 bits per heavy atom. The Kier molecular flexibility index (Phi) is 8.02. The first-order chi connectivity index (χ1) is 7.29. The number of hydrogen-bond donors (Lipinski definition) is 1. The minimum Gasteiger partial charge on any atom is -0.315 e. The first kappa shape index (κ1) is 13.7. The zero-order valence-electron chi connectivity index (χ0n) is 10.1. The number of unbranched alkanes of at least 4 members (excludes halogenated alkanes) is 2. The average molecular weight is 247 g/mol. The summed E-state index contributed by atoms with van der Waals surface area (Å²) in [6.07, 6.45) is 8.53. The molecule has 0 spiro atoms. The normalized spacial score (nSPS) is 22.2. The molecule has 1 aliphatic rings. The van der Waals surface area contributed by atoms with Crippen molar-refractivity contribution in [3.8, 4) is 0 Å². The van der Waals surface area contributed by atoms with E-state index in [4.69, 9.17) is 0 Å². The van der Waals surface area contributed by atoms with Gasteiger partial charge in [0, 0.05) is 17.0 Å². The third-order valence-electron chi connectivity index (χ3n) is 2.71. The predicted molar refractivity (Wildman–Crippen MR) is 74.7 cm³/mol. The molecule has 0 aromatic carbocycles. The van der Waals surface area contributed by atoms with E-state index in [0.717, 1.165) is 5.25 Å². The van der Waals surface area contributed by atoms with Crippen LogP contribution in [0.5, 0.6) is 0 Å². The maximum atomic E-state index is 3.47.